The SMILES string of the molecule is NC(Cc1ccccc1)CC1COc2ccccc21. The minimum absolute atomic E-state index is 0.183. The number of para-hydroxylation sites is 1. The second-order valence-corrected chi connectivity index (χ2v) is 5.23. The van der Waals surface area contributed by atoms with Gasteiger partial charge in [-0.2, -0.15) is 0 Å². The zero-order valence-electron chi connectivity index (χ0n) is 11.0. The summed E-state index contributed by atoms with van der Waals surface area (Å²) in [5.74, 6) is 1.47. The molecule has 2 unspecified atom stereocenters. The van der Waals surface area contributed by atoms with Crippen molar-refractivity contribution in [1.82, 2.24) is 0 Å². The van der Waals surface area contributed by atoms with Gasteiger partial charge in [-0.3, -0.25) is 0 Å². The Morgan fingerprint density at radius 1 is 1.05 bits per heavy atom. The predicted octanol–water partition coefficient (Wildman–Crippen LogP) is 3.12. The molecule has 2 N–H and O–H groups in total. The Morgan fingerprint density at radius 2 is 1.79 bits per heavy atom. The summed E-state index contributed by atoms with van der Waals surface area (Å²) < 4.78 is 5.71. The van der Waals surface area contributed by atoms with Crippen LogP contribution in [0.15, 0.2) is 54.6 Å². The van der Waals surface area contributed by atoms with Crippen LogP contribution in [0.1, 0.15) is 23.5 Å². The quantitative estimate of drug-likeness (QED) is 0.908. The van der Waals surface area contributed by atoms with E-state index in [1.54, 1.807) is 0 Å². The highest BCUT2D eigenvalue weighted by molar-refractivity contribution is 5.39. The third-order valence-electron chi connectivity index (χ3n) is 3.73. The summed E-state index contributed by atoms with van der Waals surface area (Å²) in [6, 6.07) is 18.9. The molecule has 0 fully saturated rings. The van der Waals surface area contributed by atoms with Crippen LogP contribution in [0.3, 0.4) is 0 Å². The second kappa shape index (κ2) is 5.45. The standard InChI is InChI=1S/C17H19NO/c18-15(10-13-6-2-1-3-7-13)11-14-12-19-17-9-5-4-8-16(14)17/h1-9,14-15H,10-12,18H2. The molecule has 0 amide bonds. The second-order valence-electron chi connectivity index (χ2n) is 5.23. The van der Waals surface area contributed by atoms with Crippen LogP contribution in [0.5, 0.6) is 5.75 Å². The molecule has 2 aromatic carbocycles. The fraction of sp³-hybridized carbons (Fsp3) is 0.294. The maximum absolute atomic E-state index is 6.29. The van der Waals surface area contributed by atoms with E-state index in [-0.39, 0.29) is 6.04 Å². The van der Waals surface area contributed by atoms with Crippen LogP contribution in [0.25, 0.3) is 0 Å². The molecule has 0 radical (unpaired) electrons. The summed E-state index contributed by atoms with van der Waals surface area (Å²) in [4.78, 5) is 0. The van der Waals surface area contributed by atoms with E-state index in [2.05, 4.69) is 36.4 Å². The van der Waals surface area contributed by atoms with E-state index in [0.29, 0.717) is 5.92 Å². The van der Waals surface area contributed by atoms with Gasteiger partial charge in [0, 0.05) is 17.5 Å². The van der Waals surface area contributed by atoms with Gasteiger partial charge >= 0.3 is 0 Å². The fourth-order valence-corrected chi connectivity index (χ4v) is 2.79. The molecule has 1 aliphatic heterocycles. The number of benzene rings is 2. The Morgan fingerprint density at radius 3 is 2.63 bits per heavy atom. The maximum Gasteiger partial charge on any atom is 0.122 e. The smallest absolute Gasteiger partial charge is 0.122 e. The van der Waals surface area contributed by atoms with Crippen LogP contribution < -0.4 is 10.5 Å². The van der Waals surface area contributed by atoms with Crippen LogP contribution in [0, 0.1) is 0 Å². The summed E-state index contributed by atoms with van der Waals surface area (Å²) in [7, 11) is 0. The summed E-state index contributed by atoms with van der Waals surface area (Å²) in [6.45, 7) is 0.766. The predicted molar refractivity (Wildman–Crippen MR) is 77.4 cm³/mol. The summed E-state index contributed by atoms with van der Waals surface area (Å²) in [5.41, 5.74) is 8.91. The molecule has 0 spiro atoms. The summed E-state index contributed by atoms with van der Waals surface area (Å²) >= 11 is 0. The first-order valence-electron chi connectivity index (χ1n) is 6.84. The van der Waals surface area contributed by atoms with Crippen LogP contribution in [-0.2, 0) is 6.42 Å². The average Bonchev–Trinajstić information content (AvgIpc) is 2.83. The normalized spacial score (nSPS) is 18.7. The Balaban J connectivity index is 1.63. The molecule has 0 bridgehead atoms. The van der Waals surface area contributed by atoms with Gasteiger partial charge in [0.15, 0.2) is 0 Å². The van der Waals surface area contributed by atoms with Crippen molar-refractivity contribution in [2.45, 2.75) is 24.8 Å². The molecule has 2 atom stereocenters. The van der Waals surface area contributed by atoms with Gasteiger partial charge < -0.3 is 10.5 Å². The minimum Gasteiger partial charge on any atom is -0.493 e. The monoisotopic (exact) mass is 253 g/mol. The number of hydrogen-bond donors (Lipinski definition) is 1. The fourth-order valence-electron chi connectivity index (χ4n) is 2.79. The van der Waals surface area contributed by atoms with Gasteiger partial charge in [-0.05, 0) is 24.5 Å². The van der Waals surface area contributed by atoms with Gasteiger partial charge in [-0.1, -0.05) is 48.5 Å². The van der Waals surface area contributed by atoms with Crippen molar-refractivity contribution < 1.29 is 4.74 Å². The lowest BCUT2D eigenvalue weighted by Gasteiger charge is -2.16. The van der Waals surface area contributed by atoms with Crippen molar-refractivity contribution in [3.05, 3.63) is 65.7 Å². The van der Waals surface area contributed by atoms with Gasteiger partial charge in [-0.25, -0.2) is 0 Å². The van der Waals surface area contributed by atoms with Gasteiger partial charge in [0.2, 0.25) is 0 Å². The zero-order valence-corrected chi connectivity index (χ0v) is 11.0. The Bertz CT molecular complexity index is 538. The van der Waals surface area contributed by atoms with E-state index in [0.717, 1.165) is 25.2 Å². The van der Waals surface area contributed by atoms with E-state index in [4.69, 9.17) is 10.5 Å². The van der Waals surface area contributed by atoms with Crippen LogP contribution in [0.2, 0.25) is 0 Å². The molecular weight excluding hydrogens is 234 g/mol. The van der Waals surface area contributed by atoms with Crippen molar-refractivity contribution in [3.63, 3.8) is 0 Å². The van der Waals surface area contributed by atoms with Gasteiger partial charge in [0.25, 0.3) is 0 Å². The number of ether oxygens (including phenoxy) is 1. The van der Waals surface area contributed by atoms with Crippen LogP contribution >= 0.6 is 0 Å². The molecular formula is C17H19NO. The molecule has 0 saturated carbocycles. The van der Waals surface area contributed by atoms with E-state index in [1.165, 1.54) is 11.1 Å². The first-order valence-corrected chi connectivity index (χ1v) is 6.84. The van der Waals surface area contributed by atoms with Gasteiger partial charge in [-0.15, -0.1) is 0 Å². The van der Waals surface area contributed by atoms with Crippen LogP contribution in [-0.4, -0.2) is 12.6 Å². The van der Waals surface area contributed by atoms with E-state index < -0.39 is 0 Å². The average molecular weight is 253 g/mol. The van der Waals surface area contributed by atoms with Gasteiger partial charge in [0.1, 0.15) is 5.75 Å². The maximum atomic E-state index is 6.29. The molecule has 3 rings (SSSR count). The highest BCUT2D eigenvalue weighted by Crippen LogP contribution is 2.36. The molecule has 0 saturated heterocycles. The Hall–Kier alpha value is -1.80. The molecule has 1 aliphatic rings. The zero-order chi connectivity index (χ0) is 13.1. The van der Waals surface area contributed by atoms with E-state index in [1.807, 2.05) is 18.2 Å². The third kappa shape index (κ3) is 2.79. The molecule has 1 heterocycles. The first-order chi connectivity index (χ1) is 9.33. The van der Waals surface area contributed by atoms with E-state index in [9.17, 15) is 0 Å². The van der Waals surface area contributed by atoms with Crippen molar-refractivity contribution in [2.75, 3.05) is 6.61 Å². The Labute approximate surface area is 114 Å². The molecule has 0 aliphatic carbocycles. The summed E-state index contributed by atoms with van der Waals surface area (Å²) in [5, 5.41) is 0. The highest BCUT2D eigenvalue weighted by Gasteiger charge is 2.25. The van der Waals surface area contributed by atoms with Crippen LogP contribution in [0.4, 0.5) is 0 Å². The molecule has 2 aromatic rings. The Kier molecular flexibility index (Phi) is 3.51. The summed E-state index contributed by atoms with van der Waals surface area (Å²) in [6.07, 6.45) is 1.91. The number of hydrogen-bond acceptors (Lipinski definition) is 2. The van der Waals surface area contributed by atoms with Crippen molar-refractivity contribution in [1.29, 1.82) is 0 Å². The van der Waals surface area contributed by atoms with Crippen molar-refractivity contribution in [3.8, 4) is 5.75 Å². The lowest BCUT2D eigenvalue weighted by atomic mass is 9.91. The number of nitrogens with two attached hydrogens (primary N) is 1. The molecule has 98 valence electrons. The lowest BCUT2D eigenvalue weighted by Crippen LogP contribution is -2.26. The third-order valence-corrected chi connectivity index (χ3v) is 3.73. The molecule has 2 heteroatoms. The van der Waals surface area contributed by atoms with Crippen molar-refractivity contribution in [2.24, 2.45) is 5.73 Å². The topological polar surface area (TPSA) is 35.2 Å². The van der Waals surface area contributed by atoms with Gasteiger partial charge in [0.05, 0.1) is 6.61 Å². The highest BCUT2D eigenvalue weighted by atomic mass is 16.5. The molecule has 2 nitrogen and oxygen atoms in total. The number of rotatable bonds is 4. The van der Waals surface area contributed by atoms with E-state index >= 15 is 0 Å². The minimum atomic E-state index is 0.183. The first kappa shape index (κ1) is 12.2. The lowest BCUT2D eigenvalue weighted by molar-refractivity contribution is 0.318. The molecule has 19 heavy (non-hydrogen) atoms. The number of fused-ring (bicyclic) bond motifs is 1. The molecule has 0 aromatic heterocycles. The van der Waals surface area contributed by atoms with Crippen molar-refractivity contribution >= 4 is 0 Å². The largest absolute Gasteiger partial charge is 0.493 e.